The molecule has 1 aromatic carbocycles. The van der Waals surface area contributed by atoms with Crippen molar-refractivity contribution in [3.8, 4) is 0 Å². The molecule has 3 N–H and O–H groups in total. The summed E-state index contributed by atoms with van der Waals surface area (Å²) in [5, 5.41) is 15.9. The van der Waals surface area contributed by atoms with E-state index in [1.54, 1.807) is 0 Å². The normalized spacial score (nSPS) is 25.3. The zero-order valence-corrected chi connectivity index (χ0v) is 21.7. The van der Waals surface area contributed by atoms with Gasteiger partial charge in [0, 0.05) is 6.42 Å². The second-order valence-electron chi connectivity index (χ2n) is 10.8. The van der Waals surface area contributed by atoms with Gasteiger partial charge in [0.15, 0.2) is 0 Å². The molecule has 0 radical (unpaired) electrons. The molecule has 0 bridgehead atoms. The molecule has 1 aliphatic carbocycles. The number of benzene rings is 1. The van der Waals surface area contributed by atoms with E-state index in [9.17, 15) is 19.5 Å². The van der Waals surface area contributed by atoms with Crippen LogP contribution in [0.15, 0.2) is 42.5 Å². The number of allylic oxidation sites excluding steroid dienone is 2. The maximum atomic E-state index is 13.2. The van der Waals surface area contributed by atoms with Gasteiger partial charge >= 0.3 is 5.97 Å². The Bertz CT molecular complexity index is 892. The van der Waals surface area contributed by atoms with E-state index in [1.807, 2.05) is 56.3 Å². The van der Waals surface area contributed by atoms with E-state index in [-0.39, 0.29) is 55.3 Å². The van der Waals surface area contributed by atoms with E-state index in [0.717, 1.165) is 31.2 Å². The van der Waals surface area contributed by atoms with Crippen molar-refractivity contribution in [2.45, 2.75) is 83.2 Å². The van der Waals surface area contributed by atoms with Crippen LogP contribution >= 0.6 is 0 Å². The van der Waals surface area contributed by atoms with Gasteiger partial charge in [-0.25, -0.2) is 0 Å². The third kappa shape index (κ3) is 8.19. The third-order valence-corrected chi connectivity index (χ3v) is 7.54. The number of aliphatic hydroxyl groups excluding tert-OH is 1. The summed E-state index contributed by atoms with van der Waals surface area (Å²) in [4.78, 5) is 39.1. The van der Waals surface area contributed by atoms with Crippen molar-refractivity contribution in [1.82, 2.24) is 10.6 Å². The fourth-order valence-corrected chi connectivity index (χ4v) is 5.10. The van der Waals surface area contributed by atoms with Gasteiger partial charge in [-0.05, 0) is 50.0 Å². The van der Waals surface area contributed by atoms with Gasteiger partial charge in [-0.15, -0.1) is 0 Å². The van der Waals surface area contributed by atoms with Gasteiger partial charge in [0.2, 0.25) is 11.8 Å². The monoisotopic (exact) mass is 498 g/mol. The number of esters is 1. The Morgan fingerprint density at radius 3 is 2.53 bits per heavy atom. The molecule has 2 amide bonds. The molecular weight excluding hydrogens is 456 g/mol. The van der Waals surface area contributed by atoms with Crippen molar-refractivity contribution in [1.29, 1.82) is 0 Å². The molecule has 2 aliphatic rings. The lowest BCUT2D eigenvalue weighted by molar-refractivity contribution is -0.150. The summed E-state index contributed by atoms with van der Waals surface area (Å²) in [5.41, 5.74) is 0.533. The van der Waals surface area contributed by atoms with E-state index >= 15 is 0 Å². The highest BCUT2D eigenvalue weighted by Crippen LogP contribution is 2.29. The highest BCUT2D eigenvalue weighted by atomic mass is 16.5. The van der Waals surface area contributed by atoms with Gasteiger partial charge in [0.05, 0.1) is 30.0 Å². The van der Waals surface area contributed by atoms with Crippen molar-refractivity contribution >= 4 is 17.8 Å². The largest absolute Gasteiger partial charge is 0.463 e. The van der Waals surface area contributed by atoms with Crippen LogP contribution in [0.3, 0.4) is 0 Å². The van der Waals surface area contributed by atoms with Crippen molar-refractivity contribution in [2.24, 2.45) is 17.8 Å². The predicted molar refractivity (Wildman–Crippen MR) is 139 cm³/mol. The first-order valence-electron chi connectivity index (χ1n) is 13.4. The Morgan fingerprint density at radius 2 is 1.86 bits per heavy atom. The minimum absolute atomic E-state index is 0.0547. The van der Waals surface area contributed by atoms with E-state index < -0.39 is 11.5 Å². The number of aliphatic hydroxyl groups is 1. The highest BCUT2D eigenvalue weighted by molar-refractivity contribution is 5.86. The van der Waals surface area contributed by atoms with E-state index in [2.05, 4.69) is 10.6 Å². The zero-order valence-electron chi connectivity index (χ0n) is 21.7. The van der Waals surface area contributed by atoms with E-state index in [4.69, 9.17) is 4.74 Å². The summed E-state index contributed by atoms with van der Waals surface area (Å²) < 4.78 is 5.71. The lowest BCUT2D eigenvalue weighted by Crippen LogP contribution is -2.51. The lowest BCUT2D eigenvalue weighted by atomic mass is 9.94. The second-order valence-corrected chi connectivity index (χ2v) is 10.8. The lowest BCUT2D eigenvalue weighted by Gasteiger charge is -2.29. The summed E-state index contributed by atoms with van der Waals surface area (Å²) in [7, 11) is 0. The molecule has 1 fully saturated rings. The number of carbonyl (C=O) groups excluding carboxylic acids is 3. The molecule has 0 saturated heterocycles. The van der Waals surface area contributed by atoms with Gasteiger partial charge < -0.3 is 20.5 Å². The first-order valence-corrected chi connectivity index (χ1v) is 13.4. The highest BCUT2D eigenvalue weighted by Gasteiger charge is 2.36. The van der Waals surface area contributed by atoms with Crippen molar-refractivity contribution < 1.29 is 24.2 Å². The van der Waals surface area contributed by atoms with Crippen LogP contribution in [0, 0.1) is 17.8 Å². The third-order valence-electron chi connectivity index (χ3n) is 7.54. The van der Waals surface area contributed by atoms with E-state index in [0.29, 0.717) is 25.7 Å². The molecule has 0 unspecified atom stereocenters. The molecule has 1 aliphatic heterocycles. The minimum atomic E-state index is -0.560. The van der Waals surface area contributed by atoms with Crippen LogP contribution in [0.1, 0.15) is 70.8 Å². The number of hydrogen-bond acceptors (Lipinski definition) is 5. The summed E-state index contributed by atoms with van der Waals surface area (Å²) in [6.07, 6.45) is 9.87. The molecule has 198 valence electrons. The Kier molecular flexibility index (Phi) is 10.5. The summed E-state index contributed by atoms with van der Waals surface area (Å²) in [6.45, 7) is 3.98. The van der Waals surface area contributed by atoms with Crippen molar-refractivity contribution in [2.75, 3.05) is 13.2 Å². The summed E-state index contributed by atoms with van der Waals surface area (Å²) in [6, 6.07) is 9.59. The molecule has 0 aromatic heterocycles. The molecule has 1 saturated carbocycles. The Hall–Kier alpha value is -2.67. The molecule has 36 heavy (non-hydrogen) atoms. The van der Waals surface area contributed by atoms with Crippen LogP contribution < -0.4 is 10.6 Å². The van der Waals surface area contributed by atoms with Crippen LogP contribution in [-0.2, 0) is 25.5 Å². The number of cyclic esters (lactones) is 1. The SMILES string of the molecule is CC(C)[C@H]1COC(=O)[C@@H](Cc2ccccc2)CCC=CC[C@H](CC(=O)NC2(CO)CCCC2)C(=O)N1. The Balaban J connectivity index is 1.70. The van der Waals surface area contributed by atoms with Crippen LogP contribution in [0.5, 0.6) is 0 Å². The molecule has 0 spiro atoms. The van der Waals surface area contributed by atoms with Gasteiger partial charge in [-0.3, -0.25) is 14.4 Å². The topological polar surface area (TPSA) is 105 Å². The maximum absolute atomic E-state index is 13.2. The number of nitrogens with one attached hydrogen (secondary N) is 2. The second kappa shape index (κ2) is 13.6. The smallest absolute Gasteiger partial charge is 0.309 e. The predicted octanol–water partition coefficient (Wildman–Crippen LogP) is 3.70. The van der Waals surface area contributed by atoms with Gasteiger partial charge in [0.25, 0.3) is 0 Å². The molecule has 1 heterocycles. The number of carbonyl (C=O) groups is 3. The number of ether oxygens (including phenoxy) is 1. The molecule has 1 aromatic rings. The quantitative estimate of drug-likeness (QED) is 0.393. The van der Waals surface area contributed by atoms with Crippen LogP contribution in [-0.4, -0.2) is 47.7 Å². The van der Waals surface area contributed by atoms with Gasteiger partial charge in [-0.1, -0.05) is 69.2 Å². The van der Waals surface area contributed by atoms with Gasteiger partial charge in [-0.2, -0.15) is 0 Å². The molecule has 3 rings (SSSR count). The Morgan fingerprint density at radius 1 is 1.14 bits per heavy atom. The molecule has 7 nitrogen and oxygen atoms in total. The van der Waals surface area contributed by atoms with Crippen LogP contribution in [0.2, 0.25) is 0 Å². The summed E-state index contributed by atoms with van der Waals surface area (Å²) in [5.74, 6) is -1.40. The zero-order chi connectivity index (χ0) is 26.0. The summed E-state index contributed by atoms with van der Waals surface area (Å²) >= 11 is 0. The average Bonchev–Trinajstić information content (AvgIpc) is 3.33. The first kappa shape index (κ1) is 27.9. The van der Waals surface area contributed by atoms with Gasteiger partial charge in [0.1, 0.15) is 6.61 Å². The Labute approximate surface area is 215 Å². The van der Waals surface area contributed by atoms with Crippen molar-refractivity contribution in [3.63, 3.8) is 0 Å². The maximum Gasteiger partial charge on any atom is 0.309 e. The molecule has 3 atom stereocenters. The fraction of sp³-hybridized carbons (Fsp3) is 0.621. The number of rotatable bonds is 7. The number of amides is 2. The van der Waals surface area contributed by atoms with Crippen LogP contribution in [0.25, 0.3) is 0 Å². The molecule has 7 heteroatoms. The average molecular weight is 499 g/mol. The van der Waals surface area contributed by atoms with Crippen molar-refractivity contribution in [3.05, 3.63) is 48.0 Å². The minimum Gasteiger partial charge on any atom is -0.463 e. The van der Waals surface area contributed by atoms with Crippen LogP contribution in [0.4, 0.5) is 0 Å². The fourth-order valence-electron chi connectivity index (χ4n) is 5.10. The number of hydrogen-bond donors (Lipinski definition) is 3. The van der Waals surface area contributed by atoms with E-state index in [1.165, 1.54) is 0 Å². The molecular formula is C29H42N2O5. The first-order chi connectivity index (χ1) is 17.3. The standard InChI is InChI=1S/C29H42N2O5/c1-21(2)25-19-36-28(35)24(17-22-11-5-3-6-12-22)14-8-4-7-13-23(27(34)30-25)18-26(33)31-29(20-32)15-9-10-16-29/h3-7,11-12,21,23-25,32H,8-10,13-20H2,1-2H3,(H,30,34)(H,31,33)/t23-,24-,25-/m1/s1.